The van der Waals surface area contributed by atoms with Crippen molar-refractivity contribution in [2.45, 2.75) is 11.3 Å². The molecule has 154 valence electrons. The van der Waals surface area contributed by atoms with Crippen molar-refractivity contribution in [3.63, 3.8) is 0 Å². The van der Waals surface area contributed by atoms with Gasteiger partial charge in [0.2, 0.25) is 5.91 Å². The number of anilines is 1. The van der Waals surface area contributed by atoms with E-state index in [1.165, 1.54) is 6.07 Å². The molecule has 0 aliphatic rings. The van der Waals surface area contributed by atoms with Crippen LogP contribution >= 0.6 is 35.0 Å². The summed E-state index contributed by atoms with van der Waals surface area (Å²) in [5, 5.41) is 3.56. The summed E-state index contributed by atoms with van der Waals surface area (Å²) in [7, 11) is 1.62. The highest BCUT2D eigenvalue weighted by molar-refractivity contribution is 7.99. The zero-order valence-corrected chi connectivity index (χ0v) is 18.5. The van der Waals surface area contributed by atoms with Crippen LogP contribution < -0.4 is 10.1 Å². The van der Waals surface area contributed by atoms with Crippen LogP contribution in [0.2, 0.25) is 10.0 Å². The predicted octanol–water partition coefficient (Wildman–Crippen LogP) is 6.35. The number of benzene rings is 3. The number of nitrogens with one attached hydrogen (secondary N) is 1. The standard InChI is InChI=1S/C23H19Cl2NO3S/c1-29-16-7-9-17(10-8-16)30-13-12-22(27)26-21-11-6-15(24)14-19(21)23(28)18-4-2-3-5-20(18)25/h2-11,14H,12-13H2,1H3,(H,26,27). The molecule has 0 radical (unpaired) electrons. The number of carbonyl (C=O) groups excluding carboxylic acids is 2. The molecule has 30 heavy (non-hydrogen) atoms. The zero-order chi connectivity index (χ0) is 21.5. The summed E-state index contributed by atoms with van der Waals surface area (Å²) in [4.78, 5) is 26.5. The number of hydrogen-bond acceptors (Lipinski definition) is 4. The minimum atomic E-state index is -0.300. The normalized spacial score (nSPS) is 10.5. The second-order valence-electron chi connectivity index (χ2n) is 6.32. The van der Waals surface area contributed by atoms with Gasteiger partial charge >= 0.3 is 0 Å². The van der Waals surface area contributed by atoms with Gasteiger partial charge in [0.05, 0.1) is 17.8 Å². The van der Waals surface area contributed by atoms with Gasteiger partial charge in [-0.1, -0.05) is 35.3 Å². The molecule has 4 nitrogen and oxygen atoms in total. The third-order valence-electron chi connectivity index (χ3n) is 4.28. The molecular formula is C23H19Cl2NO3S. The molecule has 0 saturated carbocycles. The Morgan fingerprint density at radius 3 is 2.40 bits per heavy atom. The fourth-order valence-electron chi connectivity index (χ4n) is 2.75. The van der Waals surface area contributed by atoms with Crippen LogP contribution in [0, 0.1) is 0 Å². The Morgan fingerprint density at radius 1 is 0.967 bits per heavy atom. The van der Waals surface area contributed by atoms with Crippen LogP contribution in [-0.2, 0) is 4.79 Å². The summed E-state index contributed by atoms with van der Waals surface area (Å²) in [5.41, 5.74) is 1.06. The van der Waals surface area contributed by atoms with E-state index in [0.29, 0.717) is 39.0 Å². The van der Waals surface area contributed by atoms with Crippen LogP contribution in [0.25, 0.3) is 0 Å². The summed E-state index contributed by atoms with van der Waals surface area (Å²) in [6, 6.07) is 19.2. The van der Waals surface area contributed by atoms with E-state index in [4.69, 9.17) is 27.9 Å². The molecule has 0 aliphatic heterocycles. The van der Waals surface area contributed by atoms with Gasteiger partial charge in [-0.15, -0.1) is 11.8 Å². The summed E-state index contributed by atoms with van der Waals surface area (Å²) in [5.74, 6) is 0.896. The molecule has 0 aliphatic carbocycles. The van der Waals surface area contributed by atoms with Crippen molar-refractivity contribution >= 4 is 52.3 Å². The summed E-state index contributed by atoms with van der Waals surface area (Å²) < 4.78 is 5.14. The minimum Gasteiger partial charge on any atom is -0.497 e. The monoisotopic (exact) mass is 459 g/mol. The van der Waals surface area contributed by atoms with Crippen LogP contribution in [0.5, 0.6) is 5.75 Å². The Kier molecular flexibility index (Phi) is 7.80. The lowest BCUT2D eigenvalue weighted by Gasteiger charge is -2.12. The molecule has 1 N–H and O–H groups in total. The van der Waals surface area contributed by atoms with Gasteiger partial charge in [-0.25, -0.2) is 0 Å². The highest BCUT2D eigenvalue weighted by Crippen LogP contribution is 2.27. The van der Waals surface area contributed by atoms with Gasteiger partial charge in [-0.2, -0.15) is 0 Å². The lowest BCUT2D eigenvalue weighted by atomic mass is 10.0. The van der Waals surface area contributed by atoms with Crippen LogP contribution in [0.1, 0.15) is 22.3 Å². The van der Waals surface area contributed by atoms with Gasteiger partial charge in [0.15, 0.2) is 5.78 Å². The van der Waals surface area contributed by atoms with Crippen molar-refractivity contribution in [2.75, 3.05) is 18.2 Å². The molecule has 0 aromatic heterocycles. The maximum Gasteiger partial charge on any atom is 0.225 e. The number of ketones is 1. The van der Waals surface area contributed by atoms with Gasteiger partial charge in [-0.3, -0.25) is 9.59 Å². The van der Waals surface area contributed by atoms with E-state index in [-0.39, 0.29) is 11.7 Å². The molecule has 3 aromatic rings. The van der Waals surface area contributed by atoms with Gasteiger partial charge in [0.25, 0.3) is 0 Å². The van der Waals surface area contributed by atoms with Crippen LogP contribution in [0.3, 0.4) is 0 Å². The average molecular weight is 460 g/mol. The van der Waals surface area contributed by atoms with Gasteiger partial charge in [-0.05, 0) is 54.6 Å². The number of thioether (sulfide) groups is 1. The molecule has 0 saturated heterocycles. The first kappa shape index (κ1) is 22.2. The van der Waals surface area contributed by atoms with E-state index in [1.807, 2.05) is 24.3 Å². The highest BCUT2D eigenvalue weighted by Gasteiger charge is 2.18. The average Bonchev–Trinajstić information content (AvgIpc) is 2.75. The van der Waals surface area contributed by atoms with E-state index >= 15 is 0 Å². The summed E-state index contributed by atoms with van der Waals surface area (Å²) in [6.45, 7) is 0. The topological polar surface area (TPSA) is 55.4 Å². The summed E-state index contributed by atoms with van der Waals surface area (Å²) in [6.07, 6.45) is 0.291. The van der Waals surface area contributed by atoms with Crippen LogP contribution in [0.15, 0.2) is 71.6 Å². The third-order valence-corrected chi connectivity index (χ3v) is 5.85. The van der Waals surface area contributed by atoms with E-state index < -0.39 is 0 Å². The molecule has 0 atom stereocenters. The lowest BCUT2D eigenvalue weighted by Crippen LogP contribution is -2.15. The van der Waals surface area contributed by atoms with Crippen LogP contribution in [-0.4, -0.2) is 24.6 Å². The fourth-order valence-corrected chi connectivity index (χ4v) is 4.00. The first-order valence-corrected chi connectivity index (χ1v) is 10.9. The number of ether oxygens (including phenoxy) is 1. The number of carbonyl (C=O) groups is 2. The maximum absolute atomic E-state index is 13.0. The molecule has 0 bridgehead atoms. The van der Waals surface area contributed by atoms with Crippen molar-refractivity contribution in [1.82, 2.24) is 0 Å². The highest BCUT2D eigenvalue weighted by atomic mass is 35.5. The summed E-state index contributed by atoms with van der Waals surface area (Å²) >= 11 is 13.8. The predicted molar refractivity (Wildman–Crippen MR) is 123 cm³/mol. The van der Waals surface area contributed by atoms with Gasteiger partial charge in [0, 0.05) is 33.2 Å². The molecule has 1 amide bonds. The molecule has 7 heteroatoms. The number of amides is 1. The zero-order valence-electron chi connectivity index (χ0n) is 16.2. The molecule has 3 rings (SSSR count). The fraction of sp³-hybridized carbons (Fsp3) is 0.130. The molecule has 0 unspecified atom stereocenters. The largest absolute Gasteiger partial charge is 0.497 e. The van der Waals surface area contributed by atoms with Crippen molar-refractivity contribution in [3.8, 4) is 5.75 Å². The van der Waals surface area contributed by atoms with E-state index in [0.717, 1.165) is 10.6 Å². The SMILES string of the molecule is COc1ccc(SCCC(=O)Nc2ccc(Cl)cc2C(=O)c2ccccc2Cl)cc1. The quantitative estimate of drug-likeness (QED) is 0.314. The number of rotatable bonds is 8. The van der Waals surface area contributed by atoms with E-state index in [9.17, 15) is 9.59 Å². The molecule has 0 fully saturated rings. The minimum absolute atomic E-state index is 0.188. The third kappa shape index (κ3) is 5.79. The van der Waals surface area contributed by atoms with Crippen molar-refractivity contribution in [2.24, 2.45) is 0 Å². The Bertz CT molecular complexity index is 1050. The Morgan fingerprint density at radius 2 is 1.70 bits per heavy atom. The second kappa shape index (κ2) is 10.5. The first-order valence-electron chi connectivity index (χ1n) is 9.13. The number of hydrogen-bond donors (Lipinski definition) is 1. The number of methoxy groups -OCH3 is 1. The van der Waals surface area contributed by atoms with E-state index in [2.05, 4.69) is 5.32 Å². The Labute approximate surface area is 189 Å². The van der Waals surface area contributed by atoms with Crippen molar-refractivity contribution in [1.29, 1.82) is 0 Å². The first-order chi connectivity index (χ1) is 14.5. The lowest BCUT2D eigenvalue weighted by molar-refractivity contribution is -0.115. The van der Waals surface area contributed by atoms with Crippen molar-refractivity contribution in [3.05, 3.63) is 87.9 Å². The smallest absolute Gasteiger partial charge is 0.225 e. The van der Waals surface area contributed by atoms with E-state index in [1.54, 1.807) is 55.3 Å². The Balaban J connectivity index is 1.66. The molecule has 3 aromatic carbocycles. The Hall–Kier alpha value is -2.47. The van der Waals surface area contributed by atoms with Crippen LogP contribution in [0.4, 0.5) is 5.69 Å². The van der Waals surface area contributed by atoms with Gasteiger partial charge in [0.1, 0.15) is 5.75 Å². The molecule has 0 heterocycles. The second-order valence-corrected chi connectivity index (χ2v) is 8.33. The van der Waals surface area contributed by atoms with Gasteiger partial charge < -0.3 is 10.1 Å². The molecule has 0 spiro atoms. The van der Waals surface area contributed by atoms with Crippen molar-refractivity contribution < 1.29 is 14.3 Å². The maximum atomic E-state index is 13.0. The molecular weight excluding hydrogens is 441 g/mol. The number of halogens is 2.